The van der Waals surface area contributed by atoms with Gasteiger partial charge in [-0.15, -0.1) is 0 Å². The molecule has 4 aliphatic rings. The molecule has 0 saturated carbocycles. The maximum absolute atomic E-state index is 4.93. The van der Waals surface area contributed by atoms with Crippen LogP contribution in [0.25, 0.3) is 22.3 Å². The number of hydrogen-bond acceptors (Lipinski definition) is 0. The van der Waals surface area contributed by atoms with E-state index in [0.717, 1.165) is 18.4 Å². The fourth-order valence-corrected chi connectivity index (χ4v) is 9.72. The molecule has 4 aliphatic carbocycles. The van der Waals surface area contributed by atoms with E-state index in [1.807, 2.05) is 0 Å². The minimum atomic E-state index is -0.568. The molecule has 0 aromatic heterocycles. The first-order chi connectivity index (χ1) is 28.2. The number of fused-ring (bicyclic) bond motifs is 7. The summed E-state index contributed by atoms with van der Waals surface area (Å²) in [5.74, 6) is 0.320. The number of rotatable bonds is 2. The van der Waals surface area contributed by atoms with E-state index in [1.165, 1.54) is 77.9 Å². The molecule has 4 aromatic rings. The average molecular weight is 751 g/mol. The fourth-order valence-electron chi connectivity index (χ4n) is 9.72. The monoisotopic (exact) mass is 750 g/mol. The lowest BCUT2D eigenvalue weighted by atomic mass is 9.63. The molecule has 286 valence electrons. The summed E-state index contributed by atoms with van der Waals surface area (Å²) >= 11 is 0. The summed E-state index contributed by atoms with van der Waals surface area (Å²) in [7, 11) is 0. The first kappa shape index (κ1) is 38.6. The Balaban J connectivity index is 1.33. The molecule has 0 amide bonds. The topological polar surface area (TPSA) is 0 Å². The smallest absolute Gasteiger partial charge is 0.0713 e. The summed E-state index contributed by atoms with van der Waals surface area (Å²) in [6.45, 7) is 16.5. The fraction of sp³-hybridized carbons (Fsp3) is 0.172. The van der Waals surface area contributed by atoms with Crippen molar-refractivity contribution in [2.75, 3.05) is 0 Å². The van der Waals surface area contributed by atoms with Crippen LogP contribution in [0.15, 0.2) is 212 Å². The van der Waals surface area contributed by atoms with Gasteiger partial charge in [-0.2, -0.15) is 0 Å². The van der Waals surface area contributed by atoms with E-state index < -0.39 is 5.41 Å². The van der Waals surface area contributed by atoms with Crippen LogP contribution in [0.4, 0.5) is 0 Å². The van der Waals surface area contributed by atoms with E-state index in [0.29, 0.717) is 5.92 Å². The van der Waals surface area contributed by atoms with Gasteiger partial charge in [0.2, 0.25) is 0 Å². The van der Waals surface area contributed by atoms with E-state index in [2.05, 4.69) is 229 Å². The lowest BCUT2D eigenvalue weighted by Gasteiger charge is -2.38. The zero-order valence-electron chi connectivity index (χ0n) is 34.7. The highest BCUT2D eigenvalue weighted by atomic mass is 14.5. The molecular weight excluding hydrogens is 697 g/mol. The van der Waals surface area contributed by atoms with Gasteiger partial charge < -0.3 is 0 Å². The van der Waals surface area contributed by atoms with Crippen molar-refractivity contribution in [3.8, 4) is 0 Å². The Kier molecular flexibility index (Phi) is 10.9. The van der Waals surface area contributed by atoms with Crippen LogP contribution in [0.1, 0.15) is 84.2 Å². The number of benzene rings is 4. The van der Waals surface area contributed by atoms with Crippen LogP contribution in [0.5, 0.6) is 0 Å². The normalized spacial score (nSPS) is 27.8. The molecule has 0 aliphatic heterocycles. The van der Waals surface area contributed by atoms with Gasteiger partial charge in [-0.25, -0.2) is 0 Å². The summed E-state index contributed by atoms with van der Waals surface area (Å²) in [5, 5.41) is 0. The molecule has 0 heteroatoms. The highest BCUT2D eigenvalue weighted by Crippen LogP contribution is 2.60. The molecular formula is C58H54. The number of aryl methyl sites for hydroxylation is 1. The minimum Gasteiger partial charge on any atom is -0.0942 e. The lowest BCUT2D eigenvalue weighted by molar-refractivity contribution is 0.661. The molecule has 2 atom stereocenters. The molecule has 8 rings (SSSR count). The second-order valence-electron chi connectivity index (χ2n) is 16.6. The molecule has 0 heterocycles. The van der Waals surface area contributed by atoms with Gasteiger partial charge in [-0.3, -0.25) is 0 Å². The highest BCUT2D eigenvalue weighted by Gasteiger charge is 2.48. The van der Waals surface area contributed by atoms with Crippen LogP contribution in [0.2, 0.25) is 0 Å². The molecule has 2 unspecified atom stereocenters. The molecule has 1 spiro atoms. The Morgan fingerprint density at radius 2 is 1.26 bits per heavy atom. The summed E-state index contributed by atoms with van der Waals surface area (Å²) in [6.07, 6.45) is 39.3. The van der Waals surface area contributed by atoms with Crippen LogP contribution in [0, 0.1) is 12.8 Å². The van der Waals surface area contributed by atoms with Gasteiger partial charge in [0.15, 0.2) is 0 Å². The van der Waals surface area contributed by atoms with Crippen molar-refractivity contribution in [2.24, 2.45) is 5.92 Å². The van der Waals surface area contributed by atoms with Crippen molar-refractivity contribution in [2.45, 2.75) is 58.3 Å². The van der Waals surface area contributed by atoms with Gasteiger partial charge in [-0.1, -0.05) is 216 Å². The Bertz CT molecular complexity index is 2620. The van der Waals surface area contributed by atoms with Crippen LogP contribution in [-0.2, 0) is 17.3 Å². The lowest BCUT2D eigenvalue weighted by Crippen LogP contribution is -2.31. The molecule has 4 aromatic carbocycles. The predicted molar refractivity (Wildman–Crippen MR) is 251 cm³/mol. The second-order valence-corrected chi connectivity index (χ2v) is 16.6. The maximum Gasteiger partial charge on any atom is 0.0713 e. The Morgan fingerprint density at radius 3 is 2.05 bits per heavy atom. The largest absolute Gasteiger partial charge is 0.0942 e. The van der Waals surface area contributed by atoms with Gasteiger partial charge >= 0.3 is 0 Å². The van der Waals surface area contributed by atoms with Gasteiger partial charge in [0.05, 0.1) is 5.41 Å². The first-order valence-electron chi connectivity index (χ1n) is 20.8. The van der Waals surface area contributed by atoms with Crippen molar-refractivity contribution in [3.63, 3.8) is 0 Å². The SMILES string of the molecule is C=C1/C=C\C=C/Cc2ccc(/C3=C/C=C/C=C4\C(=C/C=C/C=C\C=C/C=C/C(C)C3)c3ccccc3C4(C)C)cc2C12C(c1ccccc1C)=C(C)c1ccccc12. The van der Waals surface area contributed by atoms with Gasteiger partial charge in [0, 0.05) is 5.41 Å². The van der Waals surface area contributed by atoms with Crippen molar-refractivity contribution in [3.05, 3.63) is 262 Å². The van der Waals surface area contributed by atoms with Crippen molar-refractivity contribution in [1.29, 1.82) is 0 Å². The summed E-state index contributed by atoms with van der Waals surface area (Å²) in [5.41, 5.74) is 18.7. The molecule has 0 nitrogen and oxygen atoms in total. The Labute approximate surface area is 347 Å². The molecule has 0 radical (unpaired) electrons. The molecule has 0 N–H and O–H groups in total. The van der Waals surface area contributed by atoms with Crippen molar-refractivity contribution >= 4 is 22.3 Å². The zero-order valence-corrected chi connectivity index (χ0v) is 34.7. The standard InChI is InChI=1S/C58H54/c1-41-25-13-10-8-7-9-11-16-32-50-51-33-21-23-35-53(51)57(5,6)52(50)34-22-18-29-46(39-41)47-38-37-45-28-15-12-14-27-43(3)58(55(45)40-47)54-36-24-20-31-49(54)44(4)56(58)48-30-19-17-26-42(48)2/h7-27,29-38,40-41H,3,28,39H2,1-2,4-6H3/b9-7-,10-8-,15-12-,16-11+,22-18+,25-13+,27-14-,46-29+,50-32-,52-34+. The van der Waals surface area contributed by atoms with Gasteiger partial charge in [0.1, 0.15) is 0 Å². The third-order valence-corrected chi connectivity index (χ3v) is 12.6. The molecule has 0 saturated heterocycles. The minimum absolute atomic E-state index is 0.113. The second kappa shape index (κ2) is 16.3. The third-order valence-electron chi connectivity index (χ3n) is 12.6. The van der Waals surface area contributed by atoms with E-state index in [9.17, 15) is 0 Å². The van der Waals surface area contributed by atoms with Crippen LogP contribution >= 0.6 is 0 Å². The van der Waals surface area contributed by atoms with Crippen LogP contribution in [-0.4, -0.2) is 0 Å². The number of allylic oxidation sites excluding steroid dienone is 23. The van der Waals surface area contributed by atoms with E-state index in [1.54, 1.807) is 0 Å². The summed E-state index contributed by atoms with van der Waals surface area (Å²) in [4.78, 5) is 0. The van der Waals surface area contributed by atoms with Crippen molar-refractivity contribution in [1.82, 2.24) is 0 Å². The maximum atomic E-state index is 4.93. The average Bonchev–Trinajstić information content (AvgIpc) is 3.63. The Hall–Kier alpha value is -6.24. The Morgan fingerprint density at radius 1 is 0.603 bits per heavy atom. The van der Waals surface area contributed by atoms with Gasteiger partial charge in [0.25, 0.3) is 0 Å². The number of hydrogen-bond donors (Lipinski definition) is 0. The first-order valence-corrected chi connectivity index (χ1v) is 20.8. The summed E-state index contributed by atoms with van der Waals surface area (Å²) in [6, 6.07) is 34.0. The van der Waals surface area contributed by atoms with E-state index in [4.69, 9.17) is 6.58 Å². The summed E-state index contributed by atoms with van der Waals surface area (Å²) < 4.78 is 0. The van der Waals surface area contributed by atoms with Gasteiger partial charge in [-0.05, 0) is 122 Å². The van der Waals surface area contributed by atoms with E-state index >= 15 is 0 Å². The quantitative estimate of drug-likeness (QED) is 0.191. The zero-order chi connectivity index (χ0) is 40.3. The van der Waals surface area contributed by atoms with Crippen LogP contribution in [0.3, 0.4) is 0 Å². The third kappa shape index (κ3) is 6.92. The van der Waals surface area contributed by atoms with Crippen LogP contribution < -0.4 is 0 Å². The molecule has 0 bridgehead atoms. The predicted octanol–water partition coefficient (Wildman–Crippen LogP) is 15.0. The van der Waals surface area contributed by atoms with Crippen molar-refractivity contribution < 1.29 is 0 Å². The van der Waals surface area contributed by atoms with E-state index in [-0.39, 0.29) is 5.41 Å². The highest BCUT2D eigenvalue weighted by molar-refractivity contribution is 6.06. The molecule has 58 heavy (non-hydrogen) atoms. The molecule has 0 fully saturated rings.